The maximum atomic E-state index is 11.8. The molecule has 0 N–H and O–H groups in total. The van der Waals surface area contributed by atoms with Crippen LogP contribution in [0.3, 0.4) is 0 Å². The summed E-state index contributed by atoms with van der Waals surface area (Å²) in [5, 5.41) is 4.89. The van der Waals surface area contributed by atoms with Crippen molar-refractivity contribution in [1.29, 1.82) is 0 Å². The number of halogens is 3. The first-order chi connectivity index (χ1) is 9.99. The fourth-order valence-corrected chi connectivity index (χ4v) is 2.72. The molecular weight excluding hydrogens is 383 g/mol. The first kappa shape index (κ1) is 16.0. The molecule has 8 heteroatoms. The molecule has 0 bridgehead atoms. The lowest BCUT2D eigenvalue weighted by Gasteiger charge is -2.06. The standard InChI is InChI=1S/C13H9BrCl2N2O3/c1-2-21-13(20)11-8(6-19)12(14)18(17-11)10-4-3-7(15)5-9(10)16/h3-6H,2H2,1H3. The first-order valence-corrected chi connectivity index (χ1v) is 7.40. The van der Waals surface area contributed by atoms with Crippen LogP contribution in [0.1, 0.15) is 27.8 Å². The van der Waals surface area contributed by atoms with E-state index in [1.807, 2.05) is 0 Å². The van der Waals surface area contributed by atoms with Crippen molar-refractivity contribution in [3.8, 4) is 5.69 Å². The van der Waals surface area contributed by atoms with Gasteiger partial charge in [-0.05, 0) is 41.1 Å². The van der Waals surface area contributed by atoms with E-state index in [1.54, 1.807) is 19.1 Å². The summed E-state index contributed by atoms with van der Waals surface area (Å²) in [5.41, 5.74) is 0.496. The van der Waals surface area contributed by atoms with Gasteiger partial charge in [-0.3, -0.25) is 4.79 Å². The minimum absolute atomic E-state index is 0.0789. The second-order valence-electron chi connectivity index (χ2n) is 3.90. The Hall–Kier alpha value is -1.37. The van der Waals surface area contributed by atoms with Gasteiger partial charge >= 0.3 is 5.97 Å². The smallest absolute Gasteiger partial charge is 0.359 e. The summed E-state index contributed by atoms with van der Waals surface area (Å²) >= 11 is 15.2. The molecule has 21 heavy (non-hydrogen) atoms. The topological polar surface area (TPSA) is 61.2 Å². The minimum Gasteiger partial charge on any atom is -0.461 e. The predicted octanol–water partition coefficient (Wildman–Crippen LogP) is 3.93. The Bertz CT molecular complexity index is 716. The normalized spacial score (nSPS) is 10.5. The highest BCUT2D eigenvalue weighted by Crippen LogP contribution is 2.29. The molecule has 0 aliphatic heterocycles. The second kappa shape index (κ2) is 6.60. The van der Waals surface area contributed by atoms with Crippen LogP contribution in [0.4, 0.5) is 0 Å². The van der Waals surface area contributed by atoms with Crippen molar-refractivity contribution in [2.75, 3.05) is 6.61 Å². The fourth-order valence-electron chi connectivity index (χ4n) is 1.68. The summed E-state index contributed by atoms with van der Waals surface area (Å²) in [5.74, 6) is -0.677. The van der Waals surface area contributed by atoms with Crippen LogP contribution in [0.25, 0.3) is 5.69 Å². The van der Waals surface area contributed by atoms with Gasteiger partial charge in [0.25, 0.3) is 0 Å². The molecule has 0 aliphatic rings. The average molecular weight is 392 g/mol. The molecule has 0 saturated carbocycles. The van der Waals surface area contributed by atoms with Crippen LogP contribution in [-0.4, -0.2) is 28.6 Å². The van der Waals surface area contributed by atoms with Gasteiger partial charge in [0, 0.05) is 5.02 Å². The van der Waals surface area contributed by atoms with E-state index in [4.69, 9.17) is 27.9 Å². The maximum Gasteiger partial charge on any atom is 0.359 e. The number of esters is 1. The SMILES string of the molecule is CCOC(=O)c1nn(-c2ccc(Cl)cc2Cl)c(Br)c1C=O. The lowest BCUT2D eigenvalue weighted by molar-refractivity contribution is 0.0517. The zero-order valence-corrected chi connectivity index (χ0v) is 13.9. The van der Waals surface area contributed by atoms with Gasteiger partial charge in [0.15, 0.2) is 12.0 Å². The van der Waals surface area contributed by atoms with Crippen molar-refractivity contribution in [3.63, 3.8) is 0 Å². The van der Waals surface area contributed by atoms with E-state index in [0.717, 1.165) is 0 Å². The molecule has 0 spiro atoms. The van der Waals surface area contributed by atoms with Crippen molar-refractivity contribution < 1.29 is 14.3 Å². The third kappa shape index (κ3) is 3.12. The van der Waals surface area contributed by atoms with Crippen molar-refractivity contribution in [1.82, 2.24) is 9.78 Å². The summed E-state index contributed by atoms with van der Waals surface area (Å²) < 4.78 is 6.53. The van der Waals surface area contributed by atoms with Crippen LogP contribution in [-0.2, 0) is 4.74 Å². The number of benzene rings is 1. The monoisotopic (exact) mass is 390 g/mol. The van der Waals surface area contributed by atoms with Gasteiger partial charge in [-0.25, -0.2) is 9.48 Å². The van der Waals surface area contributed by atoms with Gasteiger partial charge in [-0.15, -0.1) is 0 Å². The molecule has 2 rings (SSSR count). The molecular formula is C13H9BrCl2N2O3. The van der Waals surface area contributed by atoms with E-state index >= 15 is 0 Å². The molecule has 1 aromatic carbocycles. The zero-order valence-electron chi connectivity index (χ0n) is 10.8. The Morgan fingerprint density at radius 1 is 1.48 bits per heavy atom. The van der Waals surface area contributed by atoms with Crippen molar-refractivity contribution >= 4 is 51.4 Å². The maximum absolute atomic E-state index is 11.8. The summed E-state index contributed by atoms with van der Waals surface area (Å²) in [6, 6.07) is 4.80. The zero-order chi connectivity index (χ0) is 15.6. The third-order valence-corrected chi connectivity index (χ3v) is 3.89. The van der Waals surface area contributed by atoms with Crippen LogP contribution in [0, 0.1) is 0 Å². The van der Waals surface area contributed by atoms with E-state index in [9.17, 15) is 9.59 Å². The number of rotatable bonds is 4. The third-order valence-electron chi connectivity index (χ3n) is 2.59. The van der Waals surface area contributed by atoms with Crippen LogP contribution in [0.5, 0.6) is 0 Å². The van der Waals surface area contributed by atoms with Gasteiger partial charge < -0.3 is 4.74 Å². The van der Waals surface area contributed by atoms with E-state index in [0.29, 0.717) is 26.6 Å². The number of aldehydes is 1. The Labute approximate surface area is 138 Å². The highest BCUT2D eigenvalue weighted by Gasteiger charge is 2.24. The van der Waals surface area contributed by atoms with Gasteiger partial charge in [0.2, 0.25) is 0 Å². The Balaban J connectivity index is 2.60. The quantitative estimate of drug-likeness (QED) is 0.585. The van der Waals surface area contributed by atoms with Crippen LogP contribution in [0.2, 0.25) is 10.0 Å². The van der Waals surface area contributed by atoms with E-state index in [1.165, 1.54) is 10.7 Å². The lowest BCUT2D eigenvalue weighted by atomic mass is 10.3. The number of hydrogen-bond donors (Lipinski definition) is 0. The molecule has 0 unspecified atom stereocenters. The first-order valence-electron chi connectivity index (χ1n) is 5.85. The van der Waals surface area contributed by atoms with Crippen molar-refractivity contribution in [2.45, 2.75) is 6.92 Å². The Morgan fingerprint density at radius 3 is 2.76 bits per heavy atom. The summed E-state index contributed by atoms with van der Waals surface area (Å²) in [6.07, 6.45) is 0.531. The number of aromatic nitrogens is 2. The highest BCUT2D eigenvalue weighted by atomic mass is 79.9. The minimum atomic E-state index is -0.677. The molecule has 0 aliphatic carbocycles. The molecule has 0 atom stereocenters. The van der Waals surface area contributed by atoms with Crippen LogP contribution >= 0.6 is 39.1 Å². The molecule has 0 amide bonds. The van der Waals surface area contributed by atoms with Gasteiger partial charge in [-0.2, -0.15) is 5.10 Å². The highest BCUT2D eigenvalue weighted by molar-refractivity contribution is 9.10. The van der Waals surface area contributed by atoms with Gasteiger partial charge in [0.1, 0.15) is 4.60 Å². The van der Waals surface area contributed by atoms with Crippen LogP contribution < -0.4 is 0 Å². The van der Waals surface area contributed by atoms with Crippen molar-refractivity contribution in [2.24, 2.45) is 0 Å². The average Bonchev–Trinajstić information content (AvgIpc) is 2.76. The molecule has 0 saturated heterocycles. The number of carbonyl (C=O) groups excluding carboxylic acids is 2. The lowest BCUT2D eigenvalue weighted by Crippen LogP contribution is -2.08. The van der Waals surface area contributed by atoms with E-state index < -0.39 is 5.97 Å². The number of carbonyl (C=O) groups is 2. The molecule has 1 heterocycles. The van der Waals surface area contributed by atoms with E-state index in [2.05, 4.69) is 21.0 Å². The van der Waals surface area contributed by atoms with Crippen LogP contribution in [0.15, 0.2) is 22.8 Å². The molecule has 1 aromatic heterocycles. The summed E-state index contributed by atoms with van der Waals surface area (Å²) in [7, 11) is 0. The Morgan fingerprint density at radius 2 is 2.19 bits per heavy atom. The Kier molecular flexibility index (Phi) is 5.03. The number of ether oxygens (including phenoxy) is 1. The second-order valence-corrected chi connectivity index (χ2v) is 5.49. The summed E-state index contributed by atoms with van der Waals surface area (Å²) in [6.45, 7) is 1.85. The van der Waals surface area contributed by atoms with Gasteiger partial charge in [0.05, 0.1) is 22.9 Å². The number of nitrogens with zero attached hydrogens (tertiary/aromatic N) is 2. The molecule has 0 fully saturated rings. The largest absolute Gasteiger partial charge is 0.461 e. The molecule has 0 radical (unpaired) electrons. The number of hydrogen-bond acceptors (Lipinski definition) is 4. The van der Waals surface area contributed by atoms with E-state index in [-0.39, 0.29) is 17.9 Å². The molecule has 2 aromatic rings. The molecule has 110 valence electrons. The van der Waals surface area contributed by atoms with Gasteiger partial charge in [-0.1, -0.05) is 23.2 Å². The summed E-state index contributed by atoms with van der Waals surface area (Å²) in [4.78, 5) is 23.0. The van der Waals surface area contributed by atoms with Crippen molar-refractivity contribution in [3.05, 3.63) is 44.1 Å². The predicted molar refractivity (Wildman–Crippen MR) is 82.6 cm³/mol. The molecule has 5 nitrogen and oxygen atoms in total. The fraction of sp³-hybridized carbons (Fsp3) is 0.154.